The van der Waals surface area contributed by atoms with Gasteiger partial charge in [0.05, 0.1) is 23.7 Å². The lowest BCUT2D eigenvalue weighted by Crippen LogP contribution is -2.74. The first-order valence-electron chi connectivity index (χ1n) is 16.2. The number of amides is 3. The molecule has 0 aliphatic carbocycles. The van der Waals surface area contributed by atoms with Crippen molar-refractivity contribution in [1.29, 1.82) is 0 Å². The van der Waals surface area contributed by atoms with E-state index in [0.29, 0.717) is 11.3 Å². The van der Waals surface area contributed by atoms with Gasteiger partial charge in [-0.15, -0.1) is 22.9 Å². The van der Waals surface area contributed by atoms with E-state index >= 15 is 0 Å². The number of esters is 2. The molecule has 0 saturated carbocycles. The van der Waals surface area contributed by atoms with Crippen LogP contribution in [0.1, 0.15) is 66.6 Å². The Labute approximate surface area is 318 Å². The maximum absolute atomic E-state index is 13.9. The fraction of sp³-hybridized carbons (Fsp3) is 0.500. The molecule has 2 N–H and O–H groups in total. The number of halogens is 1. The number of hydrogen-bond acceptors (Lipinski definition) is 14. The van der Waals surface area contributed by atoms with Crippen molar-refractivity contribution < 1.29 is 52.0 Å². The van der Waals surface area contributed by atoms with Crippen molar-refractivity contribution in [2.75, 3.05) is 24.1 Å². The number of carbonyl (C=O) groups excluding carboxylic acids is 5. The molecule has 1 aromatic carbocycles. The fourth-order valence-electron chi connectivity index (χ4n) is 4.73. The SMILES string of the molecule is COc1ccc(COC(=O)C2=C(CCl)CS(=O)[C@@H]3[C@H](NC(=O)/C(=N/OC(C)(C)C(=O)OC(C)(C)C)c4csc(NC(=O)OC(C)(C)C)n4)C(=O)N23)cc1. The highest BCUT2D eigenvalue weighted by Crippen LogP contribution is 2.36. The second-order valence-corrected chi connectivity index (χ2v) is 17.0. The molecule has 2 aliphatic rings. The second-order valence-electron chi connectivity index (χ2n) is 14.3. The van der Waals surface area contributed by atoms with Crippen LogP contribution in [0.3, 0.4) is 0 Å². The molecule has 0 radical (unpaired) electrons. The van der Waals surface area contributed by atoms with Crippen LogP contribution in [0, 0.1) is 0 Å². The molecule has 3 heterocycles. The maximum Gasteiger partial charge on any atom is 0.413 e. The van der Waals surface area contributed by atoms with Gasteiger partial charge >= 0.3 is 18.0 Å². The molecule has 1 unspecified atom stereocenters. The second kappa shape index (κ2) is 16.2. The number of anilines is 1. The number of carbonyl (C=O) groups is 5. The quantitative estimate of drug-likeness (QED) is 0.0783. The summed E-state index contributed by atoms with van der Waals surface area (Å²) in [4.78, 5) is 76.8. The molecule has 2 aromatic rings. The topological polar surface area (TPSA) is 201 Å². The lowest BCUT2D eigenvalue weighted by molar-refractivity contribution is -0.179. The molecule has 3 amide bonds. The highest BCUT2D eigenvalue weighted by Gasteiger charge is 2.57. The van der Waals surface area contributed by atoms with Crippen LogP contribution in [0.5, 0.6) is 5.75 Å². The van der Waals surface area contributed by atoms with E-state index in [0.717, 1.165) is 16.2 Å². The van der Waals surface area contributed by atoms with Gasteiger partial charge in [0.15, 0.2) is 10.8 Å². The summed E-state index contributed by atoms with van der Waals surface area (Å²) in [7, 11) is -0.268. The lowest BCUT2D eigenvalue weighted by Gasteiger charge is -2.49. The Balaban J connectivity index is 1.58. The summed E-state index contributed by atoms with van der Waals surface area (Å²) in [5, 5.41) is 9.22. The molecule has 4 rings (SSSR count). The van der Waals surface area contributed by atoms with Crippen molar-refractivity contribution in [2.45, 2.75) is 90.2 Å². The third kappa shape index (κ3) is 10.3. The average molecular weight is 796 g/mol. The maximum atomic E-state index is 13.9. The summed E-state index contributed by atoms with van der Waals surface area (Å²) in [6.07, 6.45) is -0.800. The molecular weight excluding hydrogens is 754 g/mol. The van der Waals surface area contributed by atoms with Crippen LogP contribution in [0.15, 0.2) is 46.1 Å². The van der Waals surface area contributed by atoms with Gasteiger partial charge in [0, 0.05) is 11.3 Å². The minimum absolute atomic E-state index is 0.0389. The summed E-state index contributed by atoms with van der Waals surface area (Å²) in [6, 6.07) is 5.44. The normalized spacial score (nSPS) is 19.1. The predicted octanol–water partition coefficient (Wildman–Crippen LogP) is 3.99. The van der Waals surface area contributed by atoms with E-state index in [2.05, 4.69) is 20.8 Å². The number of methoxy groups -OCH3 is 1. The van der Waals surface area contributed by atoms with E-state index in [4.69, 9.17) is 35.4 Å². The number of β-lactam (4-membered cyclic amide) rings is 1. The van der Waals surface area contributed by atoms with Gasteiger partial charge in [-0.05, 0) is 78.7 Å². The first kappa shape index (κ1) is 41.2. The number of oxime groups is 1. The minimum atomic E-state index is -1.79. The summed E-state index contributed by atoms with van der Waals surface area (Å²) in [5.74, 6) is -3.13. The molecule has 16 nitrogen and oxygen atoms in total. The molecular formula is C34H42ClN5O11S2. The average Bonchev–Trinajstić information content (AvgIpc) is 3.51. The van der Waals surface area contributed by atoms with Crippen LogP contribution < -0.4 is 15.4 Å². The van der Waals surface area contributed by atoms with Gasteiger partial charge in [0.1, 0.15) is 46.4 Å². The molecule has 1 fully saturated rings. The van der Waals surface area contributed by atoms with Crippen LogP contribution >= 0.6 is 22.9 Å². The zero-order valence-corrected chi connectivity index (χ0v) is 33.1. The van der Waals surface area contributed by atoms with E-state index in [1.165, 1.54) is 26.3 Å². The zero-order valence-electron chi connectivity index (χ0n) is 30.7. The van der Waals surface area contributed by atoms with E-state index < -0.39 is 74.6 Å². The number of fused-ring (bicyclic) bond motifs is 1. The summed E-state index contributed by atoms with van der Waals surface area (Å²) in [5.41, 5.74) is -3.19. The lowest BCUT2D eigenvalue weighted by atomic mass is 10.0. The highest BCUT2D eigenvalue weighted by molar-refractivity contribution is 7.86. The standard InChI is InChI=1S/C34H42ClN5O11S2/c1-32(2,3)49-29(44)34(7,8)51-39-22(21-16-52-30(36-21)38-31(45)50-33(4,5)6)25(41)37-23-26(42)40-24(19(14-35)17-53(46)27(23)40)28(43)48-15-18-10-12-20(47-9)13-11-18/h10-13,16,23,27H,14-15,17H2,1-9H3,(H,37,41)(H,36,38,45)/b39-22+/t23-,27-,53?/m1/s1. The molecule has 0 spiro atoms. The number of rotatable bonds is 12. The number of aromatic nitrogens is 1. The van der Waals surface area contributed by atoms with Gasteiger partial charge < -0.3 is 29.1 Å². The van der Waals surface area contributed by atoms with Crippen molar-refractivity contribution in [1.82, 2.24) is 15.2 Å². The monoisotopic (exact) mass is 795 g/mol. The van der Waals surface area contributed by atoms with Crippen molar-refractivity contribution >= 4 is 74.4 Å². The number of hydrogen-bond donors (Lipinski definition) is 2. The first-order chi connectivity index (χ1) is 24.6. The largest absolute Gasteiger partial charge is 0.497 e. The van der Waals surface area contributed by atoms with Crippen molar-refractivity contribution in [3.05, 3.63) is 52.2 Å². The Morgan fingerprint density at radius 2 is 1.68 bits per heavy atom. The Morgan fingerprint density at radius 3 is 2.26 bits per heavy atom. The van der Waals surface area contributed by atoms with Gasteiger partial charge in [-0.25, -0.2) is 19.4 Å². The Morgan fingerprint density at radius 1 is 1.04 bits per heavy atom. The Bertz CT molecular complexity index is 1850. The number of ether oxygens (including phenoxy) is 4. The molecule has 53 heavy (non-hydrogen) atoms. The summed E-state index contributed by atoms with van der Waals surface area (Å²) >= 11 is 7.05. The first-order valence-corrected chi connectivity index (χ1v) is 19.0. The van der Waals surface area contributed by atoms with Crippen LogP contribution in [0.4, 0.5) is 9.93 Å². The van der Waals surface area contributed by atoms with E-state index in [1.54, 1.807) is 65.8 Å². The van der Waals surface area contributed by atoms with Gasteiger partial charge in [0.25, 0.3) is 11.8 Å². The van der Waals surface area contributed by atoms with Gasteiger partial charge in [0.2, 0.25) is 5.60 Å². The zero-order chi connectivity index (χ0) is 39.5. The highest BCUT2D eigenvalue weighted by atomic mass is 35.5. The van der Waals surface area contributed by atoms with Crippen molar-refractivity contribution in [2.24, 2.45) is 5.16 Å². The Hall–Kier alpha value is -4.55. The third-order valence-electron chi connectivity index (χ3n) is 7.20. The van der Waals surface area contributed by atoms with Gasteiger partial charge in [-0.3, -0.25) is 24.0 Å². The number of benzene rings is 1. The Kier molecular flexibility index (Phi) is 12.6. The molecule has 1 aromatic heterocycles. The minimum Gasteiger partial charge on any atom is -0.497 e. The van der Waals surface area contributed by atoms with E-state index in [-0.39, 0.29) is 40.3 Å². The summed E-state index contributed by atoms with van der Waals surface area (Å²) in [6.45, 7) is 12.7. The number of nitrogens with zero attached hydrogens (tertiary/aromatic N) is 3. The van der Waals surface area contributed by atoms with Crippen LogP contribution in [-0.4, -0.2) is 96.6 Å². The molecule has 2 aliphatic heterocycles. The van der Waals surface area contributed by atoms with Crippen LogP contribution in [-0.2, 0) is 55.6 Å². The van der Waals surface area contributed by atoms with E-state index in [9.17, 15) is 28.2 Å². The third-order valence-corrected chi connectivity index (χ3v) is 9.94. The summed E-state index contributed by atoms with van der Waals surface area (Å²) < 4.78 is 34.7. The van der Waals surface area contributed by atoms with Crippen molar-refractivity contribution in [3.8, 4) is 5.75 Å². The molecule has 0 bridgehead atoms. The molecule has 1 saturated heterocycles. The van der Waals surface area contributed by atoms with Gasteiger partial charge in [-0.1, -0.05) is 17.3 Å². The van der Waals surface area contributed by atoms with Crippen molar-refractivity contribution in [3.63, 3.8) is 0 Å². The molecule has 288 valence electrons. The number of nitrogens with one attached hydrogen (secondary N) is 2. The number of thiazole rings is 1. The molecule has 3 atom stereocenters. The van der Waals surface area contributed by atoms with Crippen LogP contribution in [0.25, 0.3) is 0 Å². The van der Waals surface area contributed by atoms with Crippen LogP contribution in [0.2, 0.25) is 0 Å². The predicted molar refractivity (Wildman–Crippen MR) is 196 cm³/mol. The van der Waals surface area contributed by atoms with E-state index in [1.807, 2.05) is 0 Å². The number of alkyl halides is 1. The van der Waals surface area contributed by atoms with Gasteiger partial charge in [-0.2, -0.15) is 0 Å². The molecule has 19 heteroatoms. The smallest absolute Gasteiger partial charge is 0.413 e. The fourth-order valence-corrected chi connectivity index (χ4v) is 7.43.